The van der Waals surface area contributed by atoms with Gasteiger partial charge in [-0.1, -0.05) is 48.0 Å². The Balaban J connectivity index is 1.53. The highest BCUT2D eigenvalue weighted by molar-refractivity contribution is 6.30. The zero-order valence-electron chi connectivity index (χ0n) is 19.6. The van der Waals surface area contributed by atoms with Crippen LogP contribution in [0.25, 0.3) is 0 Å². The monoisotopic (exact) mass is 475 g/mol. The number of aliphatic carboxylic acids is 1. The summed E-state index contributed by atoms with van der Waals surface area (Å²) in [5, 5.41) is 14.3. The number of halogens is 1. The van der Waals surface area contributed by atoms with Gasteiger partial charge in [-0.2, -0.15) is 0 Å². The van der Waals surface area contributed by atoms with Crippen LogP contribution in [0.2, 0.25) is 5.02 Å². The van der Waals surface area contributed by atoms with Crippen molar-refractivity contribution in [2.75, 3.05) is 12.4 Å². The molecule has 0 aromatic heterocycles. The molecule has 5 rings (SSSR count). The normalized spacial score (nSPS) is 25.7. The van der Waals surface area contributed by atoms with Gasteiger partial charge in [-0.05, 0) is 97.5 Å². The number of methoxy groups -OCH3 is 1. The third-order valence-electron chi connectivity index (χ3n) is 8.12. The molecule has 0 bridgehead atoms. The highest BCUT2D eigenvalue weighted by Gasteiger charge is 2.54. The molecule has 34 heavy (non-hydrogen) atoms. The number of benzene rings is 3. The molecule has 176 valence electrons. The zero-order valence-corrected chi connectivity index (χ0v) is 20.4. The number of carboxylic acids is 1. The van der Waals surface area contributed by atoms with E-state index < -0.39 is 11.5 Å². The predicted octanol–water partition coefficient (Wildman–Crippen LogP) is 6.74. The Labute approximate surface area is 205 Å². The zero-order chi connectivity index (χ0) is 23.9. The largest absolute Gasteiger partial charge is 0.497 e. The topological polar surface area (TPSA) is 58.6 Å². The first-order chi connectivity index (χ1) is 16.4. The van der Waals surface area contributed by atoms with E-state index >= 15 is 0 Å². The molecular formula is C29H30ClNO3. The highest BCUT2D eigenvalue weighted by atomic mass is 35.5. The Bertz CT molecular complexity index is 1230. The molecule has 0 heterocycles. The maximum Gasteiger partial charge on any atom is 0.329 e. The first kappa shape index (κ1) is 22.8. The van der Waals surface area contributed by atoms with Gasteiger partial charge in [0.2, 0.25) is 0 Å². The van der Waals surface area contributed by atoms with Crippen molar-refractivity contribution in [3.63, 3.8) is 0 Å². The lowest BCUT2D eigenvalue weighted by atomic mass is 9.59. The Hall–Kier alpha value is -2.98. The van der Waals surface area contributed by atoms with Crippen molar-refractivity contribution < 1.29 is 14.6 Å². The van der Waals surface area contributed by atoms with Crippen LogP contribution in [0.1, 0.15) is 53.9 Å². The first-order valence-corrected chi connectivity index (χ1v) is 12.2. The van der Waals surface area contributed by atoms with Crippen LogP contribution in [0.5, 0.6) is 5.75 Å². The molecule has 0 radical (unpaired) electrons. The molecule has 0 aliphatic heterocycles. The van der Waals surface area contributed by atoms with Crippen molar-refractivity contribution in [2.45, 2.75) is 55.9 Å². The molecule has 0 amide bonds. The van der Waals surface area contributed by atoms with Crippen LogP contribution in [-0.2, 0) is 16.6 Å². The van der Waals surface area contributed by atoms with Gasteiger partial charge in [-0.15, -0.1) is 0 Å². The number of carboxylic acid groups (broad SMARTS) is 1. The second kappa shape index (κ2) is 8.66. The first-order valence-electron chi connectivity index (χ1n) is 11.9. The van der Waals surface area contributed by atoms with Crippen LogP contribution < -0.4 is 10.1 Å². The van der Waals surface area contributed by atoms with Crippen molar-refractivity contribution in [3.8, 4) is 5.75 Å². The Morgan fingerprint density at radius 2 is 1.79 bits per heavy atom. The van der Waals surface area contributed by atoms with E-state index in [-0.39, 0.29) is 11.3 Å². The summed E-state index contributed by atoms with van der Waals surface area (Å²) in [5.41, 5.74) is 4.96. The van der Waals surface area contributed by atoms with E-state index in [0.717, 1.165) is 30.7 Å². The number of ether oxygens (including phenoxy) is 1. The van der Waals surface area contributed by atoms with Crippen LogP contribution in [0, 0.1) is 6.92 Å². The van der Waals surface area contributed by atoms with Crippen molar-refractivity contribution in [1.82, 2.24) is 0 Å². The number of rotatable bonds is 5. The van der Waals surface area contributed by atoms with E-state index in [1.807, 2.05) is 18.2 Å². The third-order valence-corrected chi connectivity index (χ3v) is 8.36. The summed E-state index contributed by atoms with van der Waals surface area (Å²) in [7, 11) is 1.71. The fourth-order valence-electron chi connectivity index (χ4n) is 6.29. The number of anilines is 1. The van der Waals surface area contributed by atoms with Gasteiger partial charge in [0.1, 0.15) is 11.3 Å². The molecule has 2 N–H and O–H groups in total. The SMILES string of the molecule is COc1ccc(C)c(C2Cc3ccccc3C23CCC(Nc2cccc(Cl)c2)(C(=O)O)CC3)c1. The minimum atomic E-state index is -1.01. The van der Waals surface area contributed by atoms with E-state index in [1.165, 1.54) is 22.3 Å². The molecule has 2 aliphatic carbocycles. The van der Waals surface area contributed by atoms with Crippen LogP contribution in [-0.4, -0.2) is 23.7 Å². The van der Waals surface area contributed by atoms with Gasteiger partial charge in [-0.3, -0.25) is 0 Å². The number of hydrogen-bond acceptors (Lipinski definition) is 3. The molecule has 1 atom stereocenters. The lowest BCUT2D eigenvalue weighted by molar-refractivity contribution is -0.144. The van der Waals surface area contributed by atoms with Gasteiger partial charge in [0.25, 0.3) is 0 Å². The highest BCUT2D eigenvalue weighted by Crippen LogP contribution is 2.58. The molecule has 2 aliphatic rings. The summed E-state index contributed by atoms with van der Waals surface area (Å²) in [6.45, 7) is 2.16. The summed E-state index contributed by atoms with van der Waals surface area (Å²) in [6, 6.07) is 22.4. The summed E-state index contributed by atoms with van der Waals surface area (Å²) in [6.07, 6.45) is 3.65. The van der Waals surface area contributed by atoms with Crippen LogP contribution in [0.15, 0.2) is 66.7 Å². The number of fused-ring (bicyclic) bond motifs is 2. The standard InChI is InChI=1S/C29H30ClNO3/c1-19-10-11-23(34-2)18-24(19)26-16-20-6-3-4-9-25(20)28(26)12-14-29(15-13-28,27(32)33)31-22-8-5-7-21(30)17-22/h3-11,17-18,26,31H,12-16H2,1-2H3,(H,32,33). The molecule has 0 saturated heterocycles. The molecule has 1 saturated carbocycles. The third kappa shape index (κ3) is 3.74. The second-order valence-corrected chi connectivity index (χ2v) is 10.3. The summed E-state index contributed by atoms with van der Waals surface area (Å²) in [5.74, 6) is 0.353. The van der Waals surface area contributed by atoms with Gasteiger partial charge >= 0.3 is 5.97 Å². The van der Waals surface area contributed by atoms with E-state index in [9.17, 15) is 9.90 Å². The molecule has 3 aromatic rings. The minimum Gasteiger partial charge on any atom is -0.497 e. The molecule has 4 nitrogen and oxygen atoms in total. The van der Waals surface area contributed by atoms with Crippen molar-refractivity contribution >= 4 is 23.3 Å². The summed E-state index contributed by atoms with van der Waals surface area (Å²) in [4.78, 5) is 12.6. The van der Waals surface area contributed by atoms with Crippen molar-refractivity contribution in [2.24, 2.45) is 0 Å². The fourth-order valence-corrected chi connectivity index (χ4v) is 6.48. The van der Waals surface area contributed by atoms with Gasteiger partial charge in [0, 0.05) is 16.1 Å². The Morgan fingerprint density at radius 3 is 2.50 bits per heavy atom. The lowest BCUT2D eigenvalue weighted by Crippen LogP contribution is -2.52. The molecule has 3 aromatic carbocycles. The summed E-state index contributed by atoms with van der Waals surface area (Å²) >= 11 is 6.17. The number of nitrogens with one attached hydrogen (secondary N) is 1. The number of aryl methyl sites for hydroxylation is 1. The van der Waals surface area contributed by atoms with Gasteiger partial charge in [0.05, 0.1) is 7.11 Å². The molecule has 1 spiro atoms. The van der Waals surface area contributed by atoms with Crippen LogP contribution in [0.4, 0.5) is 5.69 Å². The van der Waals surface area contributed by atoms with Crippen LogP contribution >= 0.6 is 11.6 Å². The average molecular weight is 476 g/mol. The molecule has 1 unspecified atom stereocenters. The molecule has 1 fully saturated rings. The van der Waals surface area contributed by atoms with E-state index in [0.29, 0.717) is 17.9 Å². The average Bonchev–Trinajstić information content (AvgIpc) is 3.15. The van der Waals surface area contributed by atoms with Gasteiger partial charge in [0.15, 0.2) is 0 Å². The molecule has 5 heteroatoms. The quantitative estimate of drug-likeness (QED) is 0.428. The maximum atomic E-state index is 12.6. The summed E-state index contributed by atoms with van der Waals surface area (Å²) < 4.78 is 5.56. The predicted molar refractivity (Wildman–Crippen MR) is 136 cm³/mol. The van der Waals surface area contributed by atoms with Gasteiger partial charge in [-0.25, -0.2) is 4.79 Å². The minimum absolute atomic E-state index is 0.0946. The maximum absolute atomic E-state index is 12.6. The lowest BCUT2D eigenvalue weighted by Gasteiger charge is -2.47. The Morgan fingerprint density at radius 1 is 1.03 bits per heavy atom. The van der Waals surface area contributed by atoms with E-state index in [4.69, 9.17) is 16.3 Å². The van der Waals surface area contributed by atoms with Crippen LogP contribution in [0.3, 0.4) is 0 Å². The Kier molecular flexibility index (Phi) is 5.81. The number of hydrogen-bond donors (Lipinski definition) is 2. The van der Waals surface area contributed by atoms with E-state index in [2.05, 4.69) is 48.6 Å². The smallest absolute Gasteiger partial charge is 0.329 e. The van der Waals surface area contributed by atoms with Crippen molar-refractivity contribution in [1.29, 1.82) is 0 Å². The number of carbonyl (C=O) groups is 1. The van der Waals surface area contributed by atoms with E-state index in [1.54, 1.807) is 19.2 Å². The second-order valence-electron chi connectivity index (χ2n) is 9.82. The van der Waals surface area contributed by atoms with Gasteiger partial charge < -0.3 is 15.2 Å². The fraction of sp³-hybridized carbons (Fsp3) is 0.345. The van der Waals surface area contributed by atoms with Crippen molar-refractivity contribution in [3.05, 3.63) is 94.0 Å². The molecular weight excluding hydrogens is 446 g/mol.